The monoisotopic (exact) mass is 491 g/mol. The molecule has 29 heavy (non-hydrogen) atoms. The van der Waals surface area contributed by atoms with E-state index in [1.165, 1.54) is 17.3 Å². The zero-order chi connectivity index (χ0) is 21.2. The summed E-state index contributed by atoms with van der Waals surface area (Å²) >= 11 is 9.84. The highest BCUT2D eigenvalue weighted by atomic mass is 79.9. The van der Waals surface area contributed by atoms with Gasteiger partial charge in [-0.3, -0.25) is 4.79 Å². The zero-order valence-electron chi connectivity index (χ0n) is 16.7. The maximum atomic E-state index is 11.9. The van der Waals surface area contributed by atoms with Crippen molar-refractivity contribution in [2.75, 3.05) is 7.11 Å². The van der Waals surface area contributed by atoms with E-state index in [-0.39, 0.29) is 11.3 Å². The molecule has 0 spiro atoms. The first-order chi connectivity index (χ1) is 13.7. The molecule has 1 N–H and O–H groups in total. The van der Waals surface area contributed by atoms with Gasteiger partial charge < -0.3 is 14.8 Å². The zero-order valence-corrected chi connectivity index (χ0v) is 19.9. The van der Waals surface area contributed by atoms with Crippen LogP contribution in [-0.4, -0.2) is 17.3 Å². The summed E-state index contributed by atoms with van der Waals surface area (Å²) in [6.45, 7) is 7.00. The van der Waals surface area contributed by atoms with Gasteiger partial charge in [0.05, 0.1) is 16.5 Å². The lowest BCUT2D eigenvalue weighted by Crippen LogP contribution is -2.17. The molecule has 152 valence electrons. The second kappa shape index (κ2) is 8.90. The Kier molecular flexibility index (Phi) is 6.71. The van der Waals surface area contributed by atoms with Crippen LogP contribution in [0.2, 0.25) is 0 Å². The largest absolute Gasteiger partial charge is 0.493 e. The van der Waals surface area contributed by atoms with Crippen molar-refractivity contribution < 1.29 is 14.3 Å². The molecule has 1 amide bonds. The number of ether oxygens (including phenoxy) is 2. The molecule has 0 radical (unpaired) electrons. The van der Waals surface area contributed by atoms with Crippen LogP contribution >= 0.6 is 39.9 Å². The number of benzene rings is 2. The third kappa shape index (κ3) is 5.41. The molecule has 0 bridgehead atoms. The normalized spacial score (nSPS) is 15.6. The molecule has 3 rings (SSSR count). The molecule has 1 fully saturated rings. The number of amides is 1. The summed E-state index contributed by atoms with van der Waals surface area (Å²) in [7, 11) is 1.59. The van der Waals surface area contributed by atoms with Crippen molar-refractivity contribution in [3.63, 3.8) is 0 Å². The third-order valence-electron chi connectivity index (χ3n) is 4.39. The minimum atomic E-state index is -0.186. The van der Waals surface area contributed by atoms with Gasteiger partial charge in [0.2, 0.25) is 0 Å². The quantitative estimate of drug-likeness (QED) is 0.421. The van der Waals surface area contributed by atoms with Crippen LogP contribution in [-0.2, 0) is 16.8 Å². The van der Waals surface area contributed by atoms with E-state index in [2.05, 4.69) is 66.3 Å². The van der Waals surface area contributed by atoms with E-state index in [1.807, 2.05) is 12.1 Å². The first-order valence-corrected chi connectivity index (χ1v) is 11.0. The van der Waals surface area contributed by atoms with Gasteiger partial charge in [0.25, 0.3) is 5.91 Å². The van der Waals surface area contributed by atoms with Crippen LogP contribution in [0.1, 0.15) is 37.5 Å². The topological polar surface area (TPSA) is 47.6 Å². The molecule has 0 saturated carbocycles. The molecule has 1 saturated heterocycles. The SMILES string of the molecule is COc1cc(/C=C2/SC(=S)NC2=O)cc(Br)c1OCc1ccc(C(C)(C)C)cc1. The van der Waals surface area contributed by atoms with E-state index < -0.39 is 0 Å². The smallest absolute Gasteiger partial charge is 0.263 e. The molecule has 0 aliphatic carbocycles. The molecule has 2 aromatic rings. The average Bonchev–Trinajstić information content (AvgIpc) is 2.97. The van der Waals surface area contributed by atoms with Crippen LogP contribution in [0.5, 0.6) is 11.5 Å². The van der Waals surface area contributed by atoms with E-state index in [0.29, 0.717) is 27.3 Å². The average molecular weight is 492 g/mol. The Morgan fingerprint density at radius 1 is 1.21 bits per heavy atom. The minimum absolute atomic E-state index is 0.119. The minimum Gasteiger partial charge on any atom is -0.493 e. The first kappa shape index (κ1) is 21.9. The third-order valence-corrected chi connectivity index (χ3v) is 6.15. The Morgan fingerprint density at radius 2 is 1.90 bits per heavy atom. The van der Waals surface area contributed by atoms with Gasteiger partial charge in [0.15, 0.2) is 11.5 Å². The van der Waals surface area contributed by atoms with E-state index in [0.717, 1.165) is 15.6 Å². The van der Waals surface area contributed by atoms with Crippen LogP contribution in [0.3, 0.4) is 0 Å². The summed E-state index contributed by atoms with van der Waals surface area (Å²) in [5.74, 6) is 1.02. The Hall–Kier alpha value is -1.83. The molecule has 4 nitrogen and oxygen atoms in total. The second-order valence-electron chi connectivity index (χ2n) is 7.62. The molecule has 0 unspecified atom stereocenters. The predicted octanol–water partition coefficient (Wildman–Crippen LogP) is 5.82. The lowest BCUT2D eigenvalue weighted by atomic mass is 9.87. The molecular weight excluding hydrogens is 470 g/mol. The maximum absolute atomic E-state index is 11.9. The van der Waals surface area contributed by atoms with Crippen molar-refractivity contribution in [3.8, 4) is 11.5 Å². The van der Waals surface area contributed by atoms with Crippen LogP contribution < -0.4 is 14.8 Å². The summed E-state index contributed by atoms with van der Waals surface area (Å²) in [6, 6.07) is 12.2. The lowest BCUT2D eigenvalue weighted by Gasteiger charge is -2.19. The Bertz CT molecular complexity index is 979. The molecule has 2 aromatic carbocycles. The summed E-state index contributed by atoms with van der Waals surface area (Å²) < 4.78 is 12.8. The van der Waals surface area contributed by atoms with Gasteiger partial charge >= 0.3 is 0 Å². The summed E-state index contributed by atoms with van der Waals surface area (Å²) in [4.78, 5) is 12.4. The van der Waals surface area contributed by atoms with Crippen molar-refractivity contribution in [2.24, 2.45) is 0 Å². The first-order valence-electron chi connectivity index (χ1n) is 9.02. The van der Waals surface area contributed by atoms with Crippen LogP contribution in [0, 0.1) is 0 Å². The van der Waals surface area contributed by atoms with E-state index >= 15 is 0 Å². The van der Waals surface area contributed by atoms with Gasteiger partial charge in [-0.15, -0.1) is 0 Å². The van der Waals surface area contributed by atoms with Crippen molar-refractivity contribution >= 4 is 56.2 Å². The molecule has 0 aromatic heterocycles. The van der Waals surface area contributed by atoms with Crippen molar-refractivity contribution in [1.29, 1.82) is 0 Å². The lowest BCUT2D eigenvalue weighted by molar-refractivity contribution is -0.115. The summed E-state index contributed by atoms with van der Waals surface area (Å²) in [6.07, 6.45) is 1.78. The fourth-order valence-electron chi connectivity index (χ4n) is 2.79. The molecule has 0 atom stereocenters. The molecule has 1 aliphatic heterocycles. The van der Waals surface area contributed by atoms with E-state index in [1.54, 1.807) is 13.2 Å². The number of thioether (sulfide) groups is 1. The highest BCUT2D eigenvalue weighted by molar-refractivity contribution is 9.10. The Labute approximate surface area is 189 Å². The molecular formula is C22H22BrNO3S2. The predicted molar refractivity (Wildman–Crippen MR) is 126 cm³/mol. The van der Waals surface area contributed by atoms with Crippen LogP contribution in [0.4, 0.5) is 0 Å². The van der Waals surface area contributed by atoms with Crippen molar-refractivity contribution in [1.82, 2.24) is 5.32 Å². The van der Waals surface area contributed by atoms with Crippen LogP contribution in [0.25, 0.3) is 6.08 Å². The van der Waals surface area contributed by atoms with Gasteiger partial charge in [-0.1, -0.05) is 69.0 Å². The highest BCUT2D eigenvalue weighted by Gasteiger charge is 2.22. The number of hydrogen-bond donors (Lipinski definition) is 1. The van der Waals surface area contributed by atoms with Crippen molar-refractivity contribution in [3.05, 3.63) is 62.5 Å². The number of methoxy groups -OCH3 is 1. The fourth-order valence-corrected chi connectivity index (χ4v) is 4.41. The molecule has 1 aliphatic rings. The summed E-state index contributed by atoms with van der Waals surface area (Å²) in [5.41, 5.74) is 3.29. The number of thiocarbonyl (C=S) groups is 1. The van der Waals surface area contributed by atoms with Gasteiger partial charge in [-0.05, 0) is 56.2 Å². The van der Waals surface area contributed by atoms with E-state index in [9.17, 15) is 4.79 Å². The number of rotatable bonds is 5. The number of carbonyl (C=O) groups is 1. The highest BCUT2D eigenvalue weighted by Crippen LogP contribution is 2.38. The van der Waals surface area contributed by atoms with Gasteiger partial charge in [-0.2, -0.15) is 0 Å². The molecule has 1 heterocycles. The van der Waals surface area contributed by atoms with Crippen molar-refractivity contribution in [2.45, 2.75) is 32.8 Å². The standard InChI is InChI=1S/C22H22BrNO3S2/c1-22(2,3)15-7-5-13(6-8-15)12-27-19-16(23)9-14(10-17(19)26-4)11-18-20(25)24-21(28)29-18/h5-11H,12H2,1-4H3,(H,24,25,28)/b18-11+. The van der Waals surface area contributed by atoms with Crippen LogP contribution in [0.15, 0.2) is 45.8 Å². The number of nitrogens with one attached hydrogen (secondary N) is 1. The summed E-state index contributed by atoms with van der Waals surface area (Å²) in [5, 5.41) is 2.61. The number of carbonyl (C=O) groups excluding carboxylic acids is 1. The van der Waals surface area contributed by atoms with E-state index in [4.69, 9.17) is 21.7 Å². The number of halogens is 1. The van der Waals surface area contributed by atoms with Gasteiger partial charge in [0, 0.05) is 0 Å². The number of hydrogen-bond acceptors (Lipinski definition) is 5. The fraction of sp³-hybridized carbons (Fsp3) is 0.273. The van der Waals surface area contributed by atoms with Gasteiger partial charge in [-0.25, -0.2) is 0 Å². The maximum Gasteiger partial charge on any atom is 0.263 e. The Morgan fingerprint density at radius 3 is 2.45 bits per heavy atom. The Balaban J connectivity index is 1.78. The second-order valence-corrected chi connectivity index (χ2v) is 10.2. The van der Waals surface area contributed by atoms with Gasteiger partial charge in [0.1, 0.15) is 10.9 Å². The molecule has 7 heteroatoms.